The van der Waals surface area contributed by atoms with Crippen molar-refractivity contribution >= 4 is 21.9 Å². The van der Waals surface area contributed by atoms with Crippen LogP contribution in [-0.2, 0) is 17.8 Å². The Hall–Kier alpha value is -1.72. The number of pyridine rings is 1. The molecular weight excluding hydrogens is 322 g/mol. The van der Waals surface area contributed by atoms with Crippen molar-refractivity contribution in [2.24, 2.45) is 0 Å². The maximum Gasteiger partial charge on any atom is 0.335 e. The summed E-state index contributed by atoms with van der Waals surface area (Å²) in [6, 6.07) is 10.7. The fourth-order valence-electron chi connectivity index (χ4n) is 1.70. The first-order valence-electron chi connectivity index (χ1n) is 6.16. The highest BCUT2D eigenvalue weighted by atomic mass is 79.9. The summed E-state index contributed by atoms with van der Waals surface area (Å²) in [4.78, 5) is 15.0. The maximum absolute atomic E-state index is 10.8. The van der Waals surface area contributed by atoms with Crippen LogP contribution >= 0.6 is 15.9 Å². The molecule has 0 atom stereocenters. The van der Waals surface area contributed by atoms with Gasteiger partial charge in [-0.15, -0.1) is 0 Å². The van der Waals surface area contributed by atoms with Gasteiger partial charge in [0.05, 0.1) is 18.8 Å². The van der Waals surface area contributed by atoms with E-state index in [0.717, 1.165) is 22.2 Å². The van der Waals surface area contributed by atoms with Crippen LogP contribution in [-0.4, -0.2) is 22.7 Å². The van der Waals surface area contributed by atoms with Crippen molar-refractivity contribution in [3.05, 3.63) is 63.9 Å². The van der Waals surface area contributed by atoms with Gasteiger partial charge < -0.3 is 9.84 Å². The first-order chi connectivity index (χ1) is 9.66. The quantitative estimate of drug-likeness (QED) is 0.823. The van der Waals surface area contributed by atoms with Crippen LogP contribution in [0.1, 0.15) is 21.6 Å². The molecule has 0 unspecified atom stereocenters. The lowest BCUT2D eigenvalue weighted by atomic mass is 10.1. The van der Waals surface area contributed by atoms with Gasteiger partial charge in [0.15, 0.2) is 0 Å². The fraction of sp³-hybridized carbons (Fsp3) is 0.200. The fourth-order valence-corrected chi connectivity index (χ4v) is 2.20. The van der Waals surface area contributed by atoms with E-state index in [2.05, 4.69) is 20.9 Å². The summed E-state index contributed by atoms with van der Waals surface area (Å²) in [5, 5.41) is 8.88. The van der Waals surface area contributed by atoms with Crippen LogP contribution in [0.2, 0.25) is 0 Å². The molecule has 1 heterocycles. The first kappa shape index (κ1) is 14.7. The van der Waals surface area contributed by atoms with E-state index in [9.17, 15) is 4.79 Å². The Morgan fingerprint density at radius 3 is 2.80 bits per heavy atom. The molecule has 104 valence electrons. The molecule has 0 bridgehead atoms. The molecule has 1 aromatic carbocycles. The van der Waals surface area contributed by atoms with Crippen LogP contribution in [0.25, 0.3) is 0 Å². The minimum Gasteiger partial charge on any atom is -0.478 e. The van der Waals surface area contributed by atoms with E-state index in [0.29, 0.717) is 13.2 Å². The molecule has 2 aromatic rings. The van der Waals surface area contributed by atoms with Crippen molar-refractivity contribution < 1.29 is 14.6 Å². The topological polar surface area (TPSA) is 59.4 Å². The Labute approximate surface area is 125 Å². The van der Waals surface area contributed by atoms with E-state index < -0.39 is 5.97 Å². The number of aromatic nitrogens is 1. The summed E-state index contributed by atoms with van der Waals surface area (Å²) in [6.07, 6.45) is 2.52. The summed E-state index contributed by atoms with van der Waals surface area (Å²) in [5.74, 6) is -0.937. The number of halogens is 1. The van der Waals surface area contributed by atoms with Gasteiger partial charge >= 0.3 is 5.97 Å². The maximum atomic E-state index is 10.8. The van der Waals surface area contributed by atoms with Crippen molar-refractivity contribution in [1.82, 2.24) is 4.98 Å². The second-order valence-corrected chi connectivity index (χ2v) is 5.09. The zero-order valence-corrected chi connectivity index (χ0v) is 12.3. The molecule has 0 amide bonds. The van der Waals surface area contributed by atoms with Gasteiger partial charge in [0, 0.05) is 22.8 Å². The van der Waals surface area contributed by atoms with E-state index in [-0.39, 0.29) is 5.56 Å². The molecule has 0 aliphatic carbocycles. The molecule has 20 heavy (non-hydrogen) atoms. The lowest BCUT2D eigenvalue weighted by Crippen LogP contribution is -2.02. The molecular formula is C15H14BrNO3. The van der Waals surface area contributed by atoms with Crippen LogP contribution in [0.15, 0.2) is 47.1 Å². The average molecular weight is 336 g/mol. The predicted octanol–water partition coefficient (Wildman–Crippen LogP) is 3.30. The number of ether oxygens (including phenoxy) is 1. The van der Waals surface area contributed by atoms with Gasteiger partial charge in [-0.1, -0.05) is 28.1 Å². The van der Waals surface area contributed by atoms with Crippen LogP contribution in [0, 0.1) is 0 Å². The number of carboxylic acids is 1. The molecule has 2 rings (SSSR count). The lowest BCUT2D eigenvalue weighted by Gasteiger charge is -2.07. The van der Waals surface area contributed by atoms with E-state index in [4.69, 9.17) is 9.84 Å². The Balaban J connectivity index is 1.84. The molecule has 0 fully saturated rings. The van der Waals surface area contributed by atoms with Crippen molar-refractivity contribution in [1.29, 1.82) is 0 Å². The van der Waals surface area contributed by atoms with E-state index in [1.807, 2.05) is 18.2 Å². The Morgan fingerprint density at radius 2 is 2.15 bits per heavy atom. The number of benzene rings is 1. The minimum atomic E-state index is -0.937. The molecule has 5 heteroatoms. The molecule has 0 aliphatic rings. The minimum absolute atomic E-state index is 0.258. The SMILES string of the molecule is O=C(O)c1ccc(COCCc2ccccn2)c(Br)c1. The monoisotopic (exact) mass is 335 g/mol. The Morgan fingerprint density at radius 1 is 1.30 bits per heavy atom. The largest absolute Gasteiger partial charge is 0.478 e. The Kier molecular flexibility index (Phi) is 5.26. The van der Waals surface area contributed by atoms with Gasteiger partial charge in [-0.25, -0.2) is 4.79 Å². The third-order valence-electron chi connectivity index (χ3n) is 2.79. The van der Waals surface area contributed by atoms with Gasteiger partial charge in [0.2, 0.25) is 0 Å². The number of carbonyl (C=O) groups is 1. The third-order valence-corrected chi connectivity index (χ3v) is 3.52. The normalized spacial score (nSPS) is 10.4. The van der Waals surface area contributed by atoms with E-state index in [1.165, 1.54) is 0 Å². The molecule has 4 nitrogen and oxygen atoms in total. The van der Waals surface area contributed by atoms with Crippen molar-refractivity contribution in [3.8, 4) is 0 Å². The van der Waals surface area contributed by atoms with Gasteiger partial charge in [0.25, 0.3) is 0 Å². The van der Waals surface area contributed by atoms with Crippen LogP contribution < -0.4 is 0 Å². The predicted molar refractivity (Wildman–Crippen MR) is 78.7 cm³/mol. The number of rotatable bonds is 6. The average Bonchev–Trinajstić information content (AvgIpc) is 2.46. The lowest BCUT2D eigenvalue weighted by molar-refractivity contribution is 0.0696. The zero-order valence-electron chi connectivity index (χ0n) is 10.8. The van der Waals surface area contributed by atoms with E-state index >= 15 is 0 Å². The number of aromatic carboxylic acids is 1. The summed E-state index contributed by atoms with van der Waals surface area (Å²) >= 11 is 3.36. The smallest absolute Gasteiger partial charge is 0.335 e. The Bertz CT molecular complexity index is 587. The molecule has 1 N–H and O–H groups in total. The van der Waals surface area contributed by atoms with Gasteiger partial charge in [-0.05, 0) is 29.8 Å². The summed E-state index contributed by atoms with van der Waals surface area (Å²) in [7, 11) is 0. The molecule has 1 aromatic heterocycles. The third kappa shape index (κ3) is 4.15. The summed E-state index contributed by atoms with van der Waals surface area (Å²) < 4.78 is 6.33. The molecule has 0 radical (unpaired) electrons. The van der Waals surface area contributed by atoms with E-state index in [1.54, 1.807) is 24.4 Å². The first-order valence-corrected chi connectivity index (χ1v) is 6.95. The second kappa shape index (κ2) is 7.17. The highest BCUT2D eigenvalue weighted by Gasteiger charge is 2.06. The van der Waals surface area contributed by atoms with Crippen molar-refractivity contribution in [2.75, 3.05) is 6.61 Å². The number of hydrogen-bond donors (Lipinski definition) is 1. The number of hydrogen-bond acceptors (Lipinski definition) is 3. The van der Waals surface area contributed by atoms with Crippen LogP contribution in [0.5, 0.6) is 0 Å². The van der Waals surface area contributed by atoms with Gasteiger partial charge in [-0.3, -0.25) is 4.98 Å². The number of nitrogens with zero attached hydrogens (tertiary/aromatic N) is 1. The summed E-state index contributed by atoms with van der Waals surface area (Å²) in [6.45, 7) is 1.01. The molecule has 0 saturated heterocycles. The van der Waals surface area contributed by atoms with Crippen molar-refractivity contribution in [2.45, 2.75) is 13.0 Å². The molecule has 0 spiro atoms. The zero-order chi connectivity index (χ0) is 14.4. The molecule has 0 aliphatic heterocycles. The second-order valence-electron chi connectivity index (χ2n) is 4.24. The van der Waals surface area contributed by atoms with Gasteiger partial charge in [-0.2, -0.15) is 0 Å². The highest BCUT2D eigenvalue weighted by Crippen LogP contribution is 2.19. The van der Waals surface area contributed by atoms with Crippen LogP contribution in [0.4, 0.5) is 0 Å². The number of carboxylic acid groups (broad SMARTS) is 1. The standard InChI is InChI=1S/C15H14BrNO3/c16-14-9-11(15(18)19)4-5-12(14)10-20-8-6-13-3-1-2-7-17-13/h1-5,7,9H,6,8,10H2,(H,18,19). The molecule has 0 saturated carbocycles. The van der Waals surface area contributed by atoms with Crippen LogP contribution in [0.3, 0.4) is 0 Å². The highest BCUT2D eigenvalue weighted by molar-refractivity contribution is 9.10. The summed E-state index contributed by atoms with van der Waals surface area (Å²) in [5.41, 5.74) is 2.18. The van der Waals surface area contributed by atoms with Crippen molar-refractivity contribution in [3.63, 3.8) is 0 Å². The van der Waals surface area contributed by atoms with Gasteiger partial charge in [0.1, 0.15) is 0 Å².